The first-order valence-corrected chi connectivity index (χ1v) is 3.78. The van der Waals surface area contributed by atoms with E-state index >= 15 is 0 Å². The Labute approximate surface area is 76.8 Å². The van der Waals surface area contributed by atoms with E-state index in [1.165, 1.54) is 7.11 Å². The summed E-state index contributed by atoms with van der Waals surface area (Å²) in [5.74, 6) is 0.133. The summed E-state index contributed by atoms with van der Waals surface area (Å²) in [5, 5.41) is 0. The zero-order chi connectivity index (χ0) is 9.84. The highest BCUT2D eigenvalue weighted by Crippen LogP contribution is 2.17. The van der Waals surface area contributed by atoms with Crippen molar-refractivity contribution in [2.45, 2.75) is 0 Å². The molecule has 0 saturated carbocycles. The molecule has 2 N–H and O–H groups in total. The molecule has 13 heavy (non-hydrogen) atoms. The van der Waals surface area contributed by atoms with Crippen LogP contribution in [-0.2, 0) is 0 Å². The summed E-state index contributed by atoms with van der Waals surface area (Å²) in [6.07, 6.45) is 1.63. The SMILES string of the molecule is C=Cc1cc(OC)cc(C(N)=O)c1. The monoisotopic (exact) mass is 177 g/mol. The first-order valence-electron chi connectivity index (χ1n) is 3.78. The number of hydrogen-bond donors (Lipinski definition) is 1. The van der Waals surface area contributed by atoms with Gasteiger partial charge in [-0.1, -0.05) is 12.7 Å². The fourth-order valence-corrected chi connectivity index (χ4v) is 1.00. The van der Waals surface area contributed by atoms with Crippen LogP contribution in [0.2, 0.25) is 0 Å². The molecule has 0 bridgehead atoms. The molecular formula is C10H11NO2. The summed E-state index contributed by atoms with van der Waals surface area (Å²) in [4.78, 5) is 10.9. The fourth-order valence-electron chi connectivity index (χ4n) is 1.00. The molecule has 0 aromatic heterocycles. The Balaban J connectivity index is 3.22. The average Bonchev–Trinajstić information content (AvgIpc) is 2.16. The van der Waals surface area contributed by atoms with E-state index in [1.807, 2.05) is 0 Å². The maximum absolute atomic E-state index is 10.9. The Morgan fingerprint density at radius 1 is 1.54 bits per heavy atom. The Hall–Kier alpha value is -1.77. The van der Waals surface area contributed by atoms with Crippen LogP contribution in [0.5, 0.6) is 5.75 Å². The van der Waals surface area contributed by atoms with Gasteiger partial charge in [0.2, 0.25) is 5.91 Å². The zero-order valence-corrected chi connectivity index (χ0v) is 7.41. The number of hydrogen-bond acceptors (Lipinski definition) is 2. The number of ether oxygens (including phenoxy) is 1. The molecule has 0 spiro atoms. The largest absolute Gasteiger partial charge is 0.497 e. The number of primary amides is 1. The molecule has 0 heterocycles. The number of carbonyl (C=O) groups is 1. The van der Waals surface area contributed by atoms with Gasteiger partial charge in [-0.25, -0.2) is 0 Å². The van der Waals surface area contributed by atoms with Crippen molar-refractivity contribution in [2.24, 2.45) is 5.73 Å². The molecule has 0 aliphatic heterocycles. The van der Waals surface area contributed by atoms with Crippen molar-refractivity contribution in [1.29, 1.82) is 0 Å². The summed E-state index contributed by atoms with van der Waals surface area (Å²) in [6.45, 7) is 3.60. The second-order valence-electron chi connectivity index (χ2n) is 2.56. The van der Waals surface area contributed by atoms with Crippen LogP contribution in [0.15, 0.2) is 24.8 Å². The smallest absolute Gasteiger partial charge is 0.248 e. The summed E-state index contributed by atoms with van der Waals surface area (Å²) in [6, 6.07) is 5.03. The molecule has 1 aromatic rings. The van der Waals surface area contributed by atoms with Gasteiger partial charge in [0.15, 0.2) is 0 Å². The van der Waals surface area contributed by atoms with Crippen LogP contribution in [0.25, 0.3) is 6.08 Å². The van der Waals surface area contributed by atoms with Gasteiger partial charge in [0.1, 0.15) is 5.75 Å². The Morgan fingerprint density at radius 2 is 2.23 bits per heavy atom. The topological polar surface area (TPSA) is 52.3 Å². The molecule has 1 amide bonds. The lowest BCUT2D eigenvalue weighted by Gasteiger charge is -2.03. The molecular weight excluding hydrogens is 166 g/mol. The third kappa shape index (κ3) is 2.08. The van der Waals surface area contributed by atoms with Gasteiger partial charge >= 0.3 is 0 Å². The van der Waals surface area contributed by atoms with Crippen LogP contribution in [0, 0.1) is 0 Å². The van der Waals surface area contributed by atoms with Crippen molar-refractivity contribution < 1.29 is 9.53 Å². The average molecular weight is 177 g/mol. The number of methoxy groups -OCH3 is 1. The van der Waals surface area contributed by atoms with Crippen molar-refractivity contribution in [3.63, 3.8) is 0 Å². The van der Waals surface area contributed by atoms with Crippen LogP contribution < -0.4 is 10.5 Å². The van der Waals surface area contributed by atoms with Gasteiger partial charge in [0.05, 0.1) is 7.11 Å². The minimum atomic E-state index is -0.470. The molecule has 3 heteroatoms. The summed E-state index contributed by atoms with van der Waals surface area (Å²) < 4.78 is 4.99. The molecule has 0 radical (unpaired) electrons. The van der Waals surface area contributed by atoms with Crippen molar-refractivity contribution in [1.82, 2.24) is 0 Å². The number of nitrogens with two attached hydrogens (primary N) is 1. The lowest BCUT2D eigenvalue weighted by Crippen LogP contribution is -2.11. The first kappa shape index (κ1) is 9.32. The molecule has 1 rings (SSSR count). The third-order valence-electron chi connectivity index (χ3n) is 1.68. The highest BCUT2D eigenvalue weighted by Gasteiger charge is 2.03. The van der Waals surface area contributed by atoms with Crippen molar-refractivity contribution in [2.75, 3.05) is 7.11 Å². The second-order valence-corrected chi connectivity index (χ2v) is 2.56. The lowest BCUT2D eigenvalue weighted by atomic mass is 10.1. The Morgan fingerprint density at radius 3 is 2.69 bits per heavy atom. The normalized spacial score (nSPS) is 9.31. The minimum absolute atomic E-state index is 0.425. The molecule has 0 fully saturated rings. The molecule has 1 aromatic carbocycles. The van der Waals surface area contributed by atoms with Gasteiger partial charge in [0.25, 0.3) is 0 Å². The number of carbonyl (C=O) groups excluding carboxylic acids is 1. The number of amides is 1. The predicted molar refractivity (Wildman–Crippen MR) is 51.6 cm³/mol. The fraction of sp³-hybridized carbons (Fsp3) is 0.100. The van der Waals surface area contributed by atoms with E-state index in [0.29, 0.717) is 11.3 Å². The molecule has 0 aliphatic carbocycles. The van der Waals surface area contributed by atoms with Crippen molar-refractivity contribution in [3.05, 3.63) is 35.9 Å². The van der Waals surface area contributed by atoms with Gasteiger partial charge in [-0.2, -0.15) is 0 Å². The van der Waals surface area contributed by atoms with E-state index in [1.54, 1.807) is 24.3 Å². The zero-order valence-electron chi connectivity index (χ0n) is 7.41. The van der Waals surface area contributed by atoms with Crippen LogP contribution in [0.3, 0.4) is 0 Å². The van der Waals surface area contributed by atoms with Gasteiger partial charge in [0, 0.05) is 5.56 Å². The lowest BCUT2D eigenvalue weighted by molar-refractivity contribution is 0.1000. The van der Waals surface area contributed by atoms with E-state index in [9.17, 15) is 4.79 Å². The van der Waals surface area contributed by atoms with Crippen LogP contribution >= 0.6 is 0 Å². The highest BCUT2D eigenvalue weighted by molar-refractivity contribution is 5.93. The molecule has 0 saturated heterocycles. The van der Waals surface area contributed by atoms with Crippen molar-refractivity contribution in [3.8, 4) is 5.75 Å². The van der Waals surface area contributed by atoms with Gasteiger partial charge in [-0.3, -0.25) is 4.79 Å². The van der Waals surface area contributed by atoms with E-state index < -0.39 is 5.91 Å². The molecule has 0 atom stereocenters. The molecule has 0 unspecified atom stereocenters. The van der Waals surface area contributed by atoms with Crippen LogP contribution in [0.1, 0.15) is 15.9 Å². The van der Waals surface area contributed by atoms with E-state index in [-0.39, 0.29) is 0 Å². The summed E-state index contributed by atoms with van der Waals surface area (Å²) in [5.41, 5.74) is 6.37. The first-order chi connectivity index (χ1) is 6.17. The van der Waals surface area contributed by atoms with E-state index in [4.69, 9.17) is 10.5 Å². The predicted octanol–water partition coefficient (Wildman–Crippen LogP) is 1.44. The Bertz CT molecular complexity index is 345. The van der Waals surface area contributed by atoms with Crippen LogP contribution in [-0.4, -0.2) is 13.0 Å². The summed E-state index contributed by atoms with van der Waals surface area (Å²) in [7, 11) is 1.53. The molecule has 0 aliphatic rings. The molecule has 68 valence electrons. The van der Waals surface area contributed by atoms with Crippen molar-refractivity contribution >= 4 is 12.0 Å². The van der Waals surface area contributed by atoms with E-state index in [2.05, 4.69) is 6.58 Å². The Kier molecular flexibility index (Phi) is 2.69. The van der Waals surface area contributed by atoms with Gasteiger partial charge < -0.3 is 10.5 Å². The van der Waals surface area contributed by atoms with Crippen LogP contribution in [0.4, 0.5) is 0 Å². The van der Waals surface area contributed by atoms with E-state index in [0.717, 1.165) is 5.56 Å². The van der Waals surface area contributed by atoms with Gasteiger partial charge in [-0.05, 0) is 23.8 Å². The molecule has 3 nitrogen and oxygen atoms in total. The number of benzene rings is 1. The standard InChI is InChI=1S/C10H11NO2/c1-3-7-4-8(10(11)12)6-9(5-7)13-2/h3-6H,1H2,2H3,(H2,11,12). The quantitative estimate of drug-likeness (QED) is 0.759. The third-order valence-corrected chi connectivity index (χ3v) is 1.68. The second kappa shape index (κ2) is 3.76. The number of rotatable bonds is 3. The highest BCUT2D eigenvalue weighted by atomic mass is 16.5. The maximum Gasteiger partial charge on any atom is 0.248 e. The maximum atomic E-state index is 10.9. The minimum Gasteiger partial charge on any atom is -0.497 e. The summed E-state index contributed by atoms with van der Waals surface area (Å²) >= 11 is 0. The van der Waals surface area contributed by atoms with Gasteiger partial charge in [-0.15, -0.1) is 0 Å².